The molecule has 0 spiro atoms. The van der Waals surface area contributed by atoms with E-state index in [0.29, 0.717) is 0 Å². The van der Waals surface area contributed by atoms with E-state index in [1.807, 2.05) is 0 Å². The molecule has 2 unspecified atom stereocenters. The minimum atomic E-state index is -1.49. The van der Waals surface area contributed by atoms with E-state index in [1.165, 1.54) is 90.9 Å². The van der Waals surface area contributed by atoms with E-state index in [4.69, 9.17) is 4.74 Å². The Labute approximate surface area is 201 Å². The third-order valence-corrected chi connectivity index (χ3v) is 5.25. The van der Waals surface area contributed by atoms with Gasteiger partial charge in [0.05, 0.1) is 5.97 Å². The molecule has 0 fully saturated rings. The quantitative estimate of drug-likeness (QED) is 0.165. The zero-order chi connectivity index (χ0) is 22.6. The standard InChI is InChI=1S/C24H44O6.Li/c1-4-5-6-7-8-9-10-11-12-13-14-15-16-17-18-19-22(25)29-21(3)24(28)30-20(2)23(26)27;/h20-21H,4-19H2,1-3H3,(H,26,27);/q;+1/p-1. The van der Waals surface area contributed by atoms with Crippen LogP contribution in [0, 0.1) is 0 Å². The van der Waals surface area contributed by atoms with Gasteiger partial charge in [0.1, 0.15) is 6.10 Å². The molecule has 0 aromatic heterocycles. The molecule has 0 aromatic rings. The zero-order valence-electron chi connectivity index (χ0n) is 20.4. The van der Waals surface area contributed by atoms with Gasteiger partial charge in [0, 0.05) is 6.42 Å². The minimum absolute atomic E-state index is 0. The summed E-state index contributed by atoms with van der Waals surface area (Å²) in [5.74, 6) is -2.83. The Balaban J connectivity index is 0. The van der Waals surface area contributed by atoms with Gasteiger partial charge >= 0.3 is 30.8 Å². The maximum absolute atomic E-state index is 11.8. The first-order chi connectivity index (χ1) is 14.4. The number of carbonyl (C=O) groups is 3. The van der Waals surface area contributed by atoms with E-state index in [0.717, 1.165) is 19.3 Å². The van der Waals surface area contributed by atoms with Crippen LogP contribution < -0.4 is 24.0 Å². The summed E-state index contributed by atoms with van der Waals surface area (Å²) in [6.45, 7) is 4.81. The average Bonchev–Trinajstić information content (AvgIpc) is 2.70. The van der Waals surface area contributed by atoms with Gasteiger partial charge in [0.2, 0.25) is 0 Å². The van der Waals surface area contributed by atoms with Gasteiger partial charge in [-0.2, -0.15) is 0 Å². The molecule has 0 bridgehead atoms. The van der Waals surface area contributed by atoms with Gasteiger partial charge in [-0.05, 0) is 20.3 Å². The normalized spacial score (nSPS) is 12.5. The van der Waals surface area contributed by atoms with Crippen molar-refractivity contribution in [3.05, 3.63) is 0 Å². The van der Waals surface area contributed by atoms with Crippen LogP contribution in [0.25, 0.3) is 0 Å². The van der Waals surface area contributed by atoms with E-state index in [1.54, 1.807) is 0 Å². The van der Waals surface area contributed by atoms with Crippen LogP contribution in [-0.2, 0) is 23.9 Å². The third-order valence-electron chi connectivity index (χ3n) is 5.25. The van der Waals surface area contributed by atoms with Crippen LogP contribution in [-0.4, -0.2) is 30.1 Å². The number of carboxylic acid groups (broad SMARTS) is 1. The van der Waals surface area contributed by atoms with E-state index in [9.17, 15) is 19.5 Å². The van der Waals surface area contributed by atoms with E-state index in [-0.39, 0.29) is 25.3 Å². The zero-order valence-corrected chi connectivity index (χ0v) is 20.4. The van der Waals surface area contributed by atoms with Gasteiger partial charge in [-0.15, -0.1) is 0 Å². The number of hydrogen-bond donors (Lipinski definition) is 0. The van der Waals surface area contributed by atoms with Crippen molar-refractivity contribution in [2.45, 2.75) is 136 Å². The molecule has 0 rings (SSSR count). The second kappa shape index (κ2) is 22.2. The molecule has 0 saturated heterocycles. The molecule has 176 valence electrons. The largest absolute Gasteiger partial charge is 1.00 e. The van der Waals surface area contributed by atoms with Crippen molar-refractivity contribution in [3.63, 3.8) is 0 Å². The molecule has 0 N–H and O–H groups in total. The van der Waals surface area contributed by atoms with Crippen LogP contribution in [0.4, 0.5) is 0 Å². The fourth-order valence-electron chi connectivity index (χ4n) is 3.26. The molecule has 0 heterocycles. The molecule has 2 atom stereocenters. The van der Waals surface area contributed by atoms with Gasteiger partial charge in [0.25, 0.3) is 0 Å². The van der Waals surface area contributed by atoms with Crippen LogP contribution in [0.1, 0.15) is 124 Å². The molecule has 0 aliphatic rings. The summed E-state index contributed by atoms with van der Waals surface area (Å²) in [7, 11) is 0. The van der Waals surface area contributed by atoms with Crippen molar-refractivity contribution in [2.75, 3.05) is 0 Å². The van der Waals surface area contributed by atoms with Gasteiger partial charge < -0.3 is 19.4 Å². The maximum atomic E-state index is 11.8. The number of aliphatic carboxylic acids is 1. The molecule has 6 nitrogen and oxygen atoms in total. The predicted molar refractivity (Wildman–Crippen MR) is 116 cm³/mol. The maximum Gasteiger partial charge on any atom is 1.00 e. The molecule has 0 aliphatic carbocycles. The smallest absolute Gasteiger partial charge is 0.546 e. The molecule has 0 saturated carbocycles. The first-order valence-electron chi connectivity index (χ1n) is 12.0. The van der Waals surface area contributed by atoms with E-state index in [2.05, 4.69) is 11.7 Å². The number of rotatable bonds is 20. The number of carboxylic acids is 1. The summed E-state index contributed by atoms with van der Waals surface area (Å²) < 4.78 is 9.61. The van der Waals surface area contributed by atoms with E-state index >= 15 is 0 Å². The van der Waals surface area contributed by atoms with Crippen molar-refractivity contribution < 1.29 is 47.8 Å². The molecule has 0 aromatic carbocycles. The van der Waals surface area contributed by atoms with Crippen LogP contribution in [0.2, 0.25) is 0 Å². The van der Waals surface area contributed by atoms with Crippen molar-refractivity contribution in [2.24, 2.45) is 0 Å². The van der Waals surface area contributed by atoms with Crippen LogP contribution >= 0.6 is 0 Å². The molecule has 7 heteroatoms. The molecular formula is C24H43LiO6. The molecule has 31 heavy (non-hydrogen) atoms. The summed E-state index contributed by atoms with van der Waals surface area (Å²) in [6.07, 6.45) is 16.6. The molecule has 0 aliphatic heterocycles. The summed E-state index contributed by atoms with van der Waals surface area (Å²) in [6, 6.07) is 0. The Morgan fingerprint density at radius 3 is 1.42 bits per heavy atom. The number of ether oxygens (including phenoxy) is 2. The summed E-state index contributed by atoms with van der Waals surface area (Å²) in [5.41, 5.74) is 0. The van der Waals surface area contributed by atoms with Gasteiger partial charge in [0.15, 0.2) is 6.10 Å². The van der Waals surface area contributed by atoms with Crippen molar-refractivity contribution in [1.82, 2.24) is 0 Å². The second-order valence-electron chi connectivity index (χ2n) is 8.23. The Hall–Kier alpha value is -0.993. The number of unbranched alkanes of at least 4 members (excludes halogenated alkanes) is 14. The minimum Gasteiger partial charge on any atom is -0.546 e. The van der Waals surface area contributed by atoms with Crippen molar-refractivity contribution in [3.8, 4) is 0 Å². The molecule has 0 radical (unpaired) electrons. The molecule has 0 amide bonds. The SMILES string of the molecule is CCCCCCCCCCCCCCCCCC(=O)OC(C)C(=O)OC(C)C(=O)[O-].[Li+]. The Morgan fingerprint density at radius 2 is 1.03 bits per heavy atom. The van der Waals surface area contributed by atoms with Crippen LogP contribution in [0.15, 0.2) is 0 Å². The Bertz CT molecular complexity index is 469. The van der Waals surface area contributed by atoms with Crippen LogP contribution in [0.5, 0.6) is 0 Å². The number of hydrogen-bond acceptors (Lipinski definition) is 6. The van der Waals surface area contributed by atoms with Crippen molar-refractivity contribution >= 4 is 17.9 Å². The van der Waals surface area contributed by atoms with E-state index < -0.39 is 30.1 Å². The summed E-state index contributed by atoms with van der Waals surface area (Å²) in [4.78, 5) is 33.9. The van der Waals surface area contributed by atoms with Crippen molar-refractivity contribution in [1.29, 1.82) is 0 Å². The Kier molecular flexibility index (Phi) is 23.1. The molecular weight excluding hydrogens is 391 g/mol. The number of esters is 2. The summed E-state index contributed by atoms with van der Waals surface area (Å²) in [5, 5.41) is 10.6. The topological polar surface area (TPSA) is 92.7 Å². The number of carbonyl (C=O) groups excluding carboxylic acids is 3. The fraction of sp³-hybridized carbons (Fsp3) is 0.875. The van der Waals surface area contributed by atoms with Gasteiger partial charge in [-0.25, -0.2) is 4.79 Å². The third kappa shape index (κ3) is 20.7. The Morgan fingerprint density at radius 1 is 0.645 bits per heavy atom. The van der Waals surface area contributed by atoms with Gasteiger partial charge in [-0.1, -0.05) is 96.8 Å². The first kappa shape index (κ1) is 32.2. The summed E-state index contributed by atoms with van der Waals surface area (Å²) >= 11 is 0. The van der Waals surface area contributed by atoms with Gasteiger partial charge in [-0.3, -0.25) is 4.79 Å². The second-order valence-corrected chi connectivity index (χ2v) is 8.23. The monoisotopic (exact) mass is 434 g/mol. The predicted octanol–water partition coefficient (Wildman–Crippen LogP) is 1.87. The van der Waals surface area contributed by atoms with Crippen LogP contribution in [0.3, 0.4) is 0 Å². The fourth-order valence-corrected chi connectivity index (χ4v) is 3.26. The average molecular weight is 435 g/mol. The first-order valence-corrected chi connectivity index (χ1v) is 12.0.